The van der Waals surface area contributed by atoms with Gasteiger partial charge in [0.15, 0.2) is 0 Å². The Kier molecular flexibility index (Phi) is 19.4. The smallest absolute Gasteiger partial charge is 0.0648 e. The molecule has 2 unspecified atom stereocenters. The van der Waals surface area contributed by atoms with E-state index >= 15 is 0 Å². The summed E-state index contributed by atoms with van der Waals surface area (Å²) in [6.07, 6.45) is 32.4. The Morgan fingerprint density at radius 2 is 1.25 bits per heavy atom. The van der Waals surface area contributed by atoms with E-state index in [0.29, 0.717) is 6.10 Å². The highest BCUT2D eigenvalue weighted by Crippen LogP contribution is 2.12. The maximum absolute atomic E-state index is 5.47. The lowest BCUT2D eigenvalue weighted by molar-refractivity contribution is 0.232. The van der Waals surface area contributed by atoms with Crippen molar-refractivity contribution in [2.75, 3.05) is 0 Å². The quantitative estimate of drug-likeness (QED) is 0.220. The molecule has 0 N–H and O–H groups in total. The Hall–Kier alpha value is -0.910. The van der Waals surface area contributed by atoms with Crippen LogP contribution >= 0.6 is 9.47 Å². The molecule has 0 amide bonds. The third kappa shape index (κ3) is 17.4. The van der Waals surface area contributed by atoms with Gasteiger partial charge in [-0.25, -0.2) is 0 Å². The highest BCUT2D eigenvalue weighted by atomic mass is 31.0. The molecule has 136 valence electrons. The van der Waals surface area contributed by atoms with Gasteiger partial charge in [0.1, 0.15) is 0 Å². The minimum Gasteiger partial charge on any atom is -0.362 e. The molecule has 1 nitrogen and oxygen atoms in total. The van der Waals surface area contributed by atoms with E-state index < -0.39 is 0 Å². The number of hydrogen-bond acceptors (Lipinski definition) is 1. The van der Waals surface area contributed by atoms with Gasteiger partial charge < -0.3 is 4.52 Å². The minimum atomic E-state index is 0.294. The van der Waals surface area contributed by atoms with E-state index in [4.69, 9.17) is 4.52 Å². The van der Waals surface area contributed by atoms with E-state index in [-0.39, 0.29) is 0 Å². The molecule has 0 spiro atoms. The zero-order valence-corrected chi connectivity index (χ0v) is 16.9. The van der Waals surface area contributed by atoms with Gasteiger partial charge in [0, 0.05) is 9.47 Å². The van der Waals surface area contributed by atoms with Crippen LogP contribution in [0.1, 0.15) is 71.6 Å². The molecule has 0 aromatic carbocycles. The molecule has 2 atom stereocenters. The summed E-state index contributed by atoms with van der Waals surface area (Å²) in [5.74, 6) is 0. The first-order chi connectivity index (χ1) is 11.8. The molecule has 0 aromatic heterocycles. The zero-order chi connectivity index (χ0) is 17.7. The van der Waals surface area contributed by atoms with Gasteiger partial charge in [-0.15, -0.1) is 0 Å². The predicted molar refractivity (Wildman–Crippen MR) is 113 cm³/mol. The summed E-state index contributed by atoms with van der Waals surface area (Å²) in [6.45, 7) is 4.37. The number of rotatable bonds is 15. The van der Waals surface area contributed by atoms with Crippen molar-refractivity contribution in [1.29, 1.82) is 0 Å². The maximum Gasteiger partial charge on any atom is 0.0648 e. The van der Waals surface area contributed by atoms with Crippen molar-refractivity contribution in [3.63, 3.8) is 0 Å². The molecule has 24 heavy (non-hydrogen) atoms. The topological polar surface area (TPSA) is 9.23 Å². The van der Waals surface area contributed by atoms with Gasteiger partial charge in [-0.3, -0.25) is 0 Å². The van der Waals surface area contributed by atoms with E-state index in [2.05, 4.69) is 84.1 Å². The Bertz CT molecular complexity index is 391. The molecular formula is C22H37OP. The van der Waals surface area contributed by atoms with Crippen molar-refractivity contribution < 1.29 is 4.52 Å². The molecule has 0 aliphatic carbocycles. The fourth-order valence-electron chi connectivity index (χ4n) is 2.15. The third-order valence-electron chi connectivity index (χ3n) is 3.59. The highest BCUT2D eigenvalue weighted by Gasteiger charge is 2.02. The van der Waals surface area contributed by atoms with Crippen LogP contribution in [0.4, 0.5) is 0 Å². The Morgan fingerprint density at radius 3 is 1.83 bits per heavy atom. The van der Waals surface area contributed by atoms with Crippen molar-refractivity contribution in [3.05, 3.63) is 60.8 Å². The van der Waals surface area contributed by atoms with Gasteiger partial charge in [0.2, 0.25) is 0 Å². The van der Waals surface area contributed by atoms with E-state index in [0.717, 1.165) is 44.9 Å². The summed E-state index contributed by atoms with van der Waals surface area (Å²) >= 11 is 0. The second-order valence-corrected chi connectivity index (χ2v) is 6.10. The fraction of sp³-hybridized carbons (Fsp3) is 0.545. The monoisotopic (exact) mass is 348 g/mol. The van der Waals surface area contributed by atoms with Crippen LogP contribution in [0.5, 0.6) is 0 Å². The molecule has 2 heteroatoms. The second-order valence-electron chi connectivity index (χ2n) is 5.83. The van der Waals surface area contributed by atoms with Gasteiger partial charge >= 0.3 is 0 Å². The lowest BCUT2D eigenvalue weighted by Crippen LogP contribution is -2.05. The first-order valence-corrected chi connectivity index (χ1v) is 9.92. The predicted octanol–water partition coefficient (Wildman–Crippen LogP) is 7.49. The molecule has 0 aliphatic rings. The van der Waals surface area contributed by atoms with Crippen LogP contribution in [-0.2, 0) is 4.52 Å². The van der Waals surface area contributed by atoms with Gasteiger partial charge in [0.05, 0.1) is 6.10 Å². The molecule has 0 bridgehead atoms. The Labute approximate surface area is 152 Å². The SMILES string of the molecule is CC/C=C\C/C=C\CCC(C/C=C\C/C=C\C/C=C\CCC)OP. The van der Waals surface area contributed by atoms with Gasteiger partial charge in [-0.2, -0.15) is 0 Å². The van der Waals surface area contributed by atoms with Crippen molar-refractivity contribution in [2.45, 2.75) is 77.7 Å². The van der Waals surface area contributed by atoms with Crippen LogP contribution in [0.15, 0.2) is 60.8 Å². The van der Waals surface area contributed by atoms with Gasteiger partial charge in [0.25, 0.3) is 0 Å². The van der Waals surface area contributed by atoms with Crippen LogP contribution < -0.4 is 0 Å². The summed E-state index contributed by atoms with van der Waals surface area (Å²) in [7, 11) is 2.41. The average molecular weight is 349 g/mol. The van der Waals surface area contributed by atoms with Crippen molar-refractivity contribution >= 4 is 9.47 Å². The van der Waals surface area contributed by atoms with Crippen LogP contribution in [0, 0.1) is 0 Å². The first-order valence-electron chi connectivity index (χ1n) is 9.45. The maximum atomic E-state index is 5.47. The third-order valence-corrected chi connectivity index (χ3v) is 3.97. The van der Waals surface area contributed by atoms with Crippen molar-refractivity contribution in [3.8, 4) is 0 Å². The number of allylic oxidation sites excluding steroid dienone is 9. The van der Waals surface area contributed by atoms with Crippen LogP contribution in [0.25, 0.3) is 0 Å². The lowest BCUT2D eigenvalue weighted by Gasteiger charge is -2.11. The number of hydrogen-bond donors (Lipinski definition) is 0. The summed E-state index contributed by atoms with van der Waals surface area (Å²) < 4.78 is 5.47. The normalized spacial score (nSPS) is 14.3. The van der Waals surface area contributed by atoms with E-state index in [1.807, 2.05) is 0 Å². The Balaban J connectivity index is 3.72. The molecule has 0 rings (SSSR count). The largest absolute Gasteiger partial charge is 0.362 e. The molecule has 0 fully saturated rings. The molecule has 0 saturated carbocycles. The number of unbranched alkanes of at least 4 members (excludes halogenated alkanes) is 1. The van der Waals surface area contributed by atoms with E-state index in [1.54, 1.807) is 0 Å². The molecule has 0 radical (unpaired) electrons. The van der Waals surface area contributed by atoms with Crippen molar-refractivity contribution in [2.24, 2.45) is 0 Å². The van der Waals surface area contributed by atoms with Gasteiger partial charge in [-0.1, -0.05) is 81.0 Å². The highest BCUT2D eigenvalue weighted by molar-refractivity contribution is 7.09. The molecule has 0 heterocycles. The molecular weight excluding hydrogens is 311 g/mol. The summed E-state index contributed by atoms with van der Waals surface area (Å²) in [5.41, 5.74) is 0. The summed E-state index contributed by atoms with van der Waals surface area (Å²) in [5, 5.41) is 0. The van der Waals surface area contributed by atoms with Gasteiger partial charge in [-0.05, 0) is 51.4 Å². The lowest BCUT2D eigenvalue weighted by atomic mass is 10.1. The van der Waals surface area contributed by atoms with Crippen LogP contribution in [0.2, 0.25) is 0 Å². The molecule has 0 aromatic rings. The second kappa shape index (κ2) is 20.1. The van der Waals surface area contributed by atoms with E-state index in [9.17, 15) is 0 Å². The summed E-state index contributed by atoms with van der Waals surface area (Å²) in [4.78, 5) is 0. The summed E-state index contributed by atoms with van der Waals surface area (Å²) in [6, 6.07) is 0. The van der Waals surface area contributed by atoms with E-state index in [1.165, 1.54) is 12.8 Å². The first kappa shape index (κ1) is 23.1. The van der Waals surface area contributed by atoms with Crippen molar-refractivity contribution in [1.82, 2.24) is 0 Å². The van der Waals surface area contributed by atoms with Crippen LogP contribution in [-0.4, -0.2) is 6.10 Å². The molecule has 0 aliphatic heterocycles. The fourth-order valence-corrected chi connectivity index (χ4v) is 2.40. The average Bonchev–Trinajstić information content (AvgIpc) is 2.60. The minimum absolute atomic E-state index is 0.294. The zero-order valence-electron chi connectivity index (χ0n) is 15.7. The Morgan fingerprint density at radius 1 is 0.708 bits per heavy atom. The molecule has 0 saturated heterocycles. The van der Waals surface area contributed by atoms with Crippen LogP contribution in [0.3, 0.4) is 0 Å². The standard InChI is InChI=1S/C22H37OP/c1-3-5-7-9-11-12-13-15-17-19-21-22(23-24)20-18-16-14-10-8-6-4-2/h6-9,12-14,16-17,19,22H,3-5,10-11,15,18,20-21,24H2,1-2H3/b8-6-,9-7-,13-12-,16-14-,19-17-.